The summed E-state index contributed by atoms with van der Waals surface area (Å²) in [6.45, 7) is 7.27. The standard InChI is InChI=1S/C29H37N3O5/c1-4-36-26-7-5-6-24(17-26)30-28(34)31-25-10-9-23-18-32(13-12-22(23)16-25)29(35)37-27-11-8-21(14-19(27)2)15-20(3)33/h5-7,9-10,16-17,19,21,27H,4,8,11-15,18H2,1-3H3,(H2,30,31,34)/t19-,21+,27+/m0/s1. The van der Waals surface area contributed by atoms with Gasteiger partial charge in [0.2, 0.25) is 0 Å². The number of hydrogen-bond donors (Lipinski definition) is 2. The zero-order chi connectivity index (χ0) is 26.4. The Kier molecular flexibility index (Phi) is 8.69. The van der Waals surface area contributed by atoms with Crippen LogP contribution in [0.3, 0.4) is 0 Å². The number of nitrogens with zero attached hydrogens (tertiary/aromatic N) is 1. The highest BCUT2D eigenvalue weighted by Gasteiger charge is 2.32. The van der Waals surface area contributed by atoms with Gasteiger partial charge in [-0.05, 0) is 86.8 Å². The van der Waals surface area contributed by atoms with Crippen molar-refractivity contribution in [3.05, 3.63) is 53.6 Å². The monoisotopic (exact) mass is 507 g/mol. The van der Waals surface area contributed by atoms with Crippen molar-refractivity contribution < 1.29 is 23.9 Å². The zero-order valence-electron chi connectivity index (χ0n) is 21.9. The SMILES string of the molecule is CCOc1cccc(NC(=O)Nc2ccc3c(c2)CCN(C(=O)O[C@@H]2CC[C@@H](CC(C)=O)C[C@@H]2C)C3)c1. The number of benzene rings is 2. The highest BCUT2D eigenvalue weighted by Crippen LogP contribution is 2.34. The van der Waals surface area contributed by atoms with E-state index < -0.39 is 0 Å². The van der Waals surface area contributed by atoms with Gasteiger partial charge in [0, 0.05) is 37.0 Å². The number of rotatable bonds is 7. The van der Waals surface area contributed by atoms with Crippen LogP contribution < -0.4 is 15.4 Å². The molecule has 0 unspecified atom stereocenters. The van der Waals surface area contributed by atoms with E-state index in [9.17, 15) is 14.4 Å². The van der Waals surface area contributed by atoms with Gasteiger partial charge < -0.3 is 29.8 Å². The van der Waals surface area contributed by atoms with Crippen LogP contribution in [0, 0.1) is 11.8 Å². The van der Waals surface area contributed by atoms with E-state index in [1.165, 1.54) is 0 Å². The maximum atomic E-state index is 12.9. The Hall–Kier alpha value is -3.55. The van der Waals surface area contributed by atoms with Gasteiger partial charge in [-0.3, -0.25) is 0 Å². The third-order valence-corrected chi connectivity index (χ3v) is 7.17. The molecule has 3 atom stereocenters. The molecule has 0 saturated heterocycles. The first-order chi connectivity index (χ1) is 17.8. The van der Waals surface area contributed by atoms with Crippen molar-refractivity contribution >= 4 is 29.3 Å². The Morgan fingerprint density at radius 3 is 2.54 bits per heavy atom. The summed E-state index contributed by atoms with van der Waals surface area (Å²) in [6, 6.07) is 12.7. The Labute approximate surface area is 218 Å². The lowest BCUT2D eigenvalue weighted by Crippen LogP contribution is -2.41. The van der Waals surface area contributed by atoms with E-state index in [2.05, 4.69) is 17.6 Å². The molecule has 4 rings (SSSR count). The van der Waals surface area contributed by atoms with Gasteiger partial charge in [-0.2, -0.15) is 0 Å². The number of urea groups is 1. The predicted octanol–water partition coefficient (Wildman–Crippen LogP) is 6.01. The van der Waals surface area contributed by atoms with Crippen LogP contribution in [0.5, 0.6) is 5.75 Å². The van der Waals surface area contributed by atoms with Crippen molar-refractivity contribution in [2.75, 3.05) is 23.8 Å². The molecule has 2 aromatic carbocycles. The summed E-state index contributed by atoms with van der Waals surface area (Å²) in [5, 5.41) is 5.71. The molecule has 2 aliphatic rings. The molecule has 2 aromatic rings. The minimum atomic E-state index is -0.332. The molecule has 8 heteroatoms. The molecule has 1 aliphatic heterocycles. The number of ketones is 1. The molecular weight excluding hydrogens is 470 g/mol. The number of Topliss-reactive ketones (excluding diaryl/α,β-unsaturated/α-hetero) is 1. The molecular formula is C29H37N3O5. The fraction of sp³-hybridized carbons (Fsp3) is 0.483. The number of carbonyl (C=O) groups excluding carboxylic acids is 3. The van der Waals surface area contributed by atoms with E-state index in [-0.39, 0.29) is 29.9 Å². The lowest BCUT2D eigenvalue weighted by molar-refractivity contribution is -0.118. The summed E-state index contributed by atoms with van der Waals surface area (Å²) < 4.78 is 11.4. The number of hydrogen-bond acceptors (Lipinski definition) is 5. The first kappa shape index (κ1) is 26.5. The molecule has 1 aliphatic carbocycles. The Morgan fingerprint density at radius 1 is 1.03 bits per heavy atom. The Morgan fingerprint density at radius 2 is 1.81 bits per heavy atom. The highest BCUT2D eigenvalue weighted by molar-refractivity contribution is 5.99. The van der Waals surface area contributed by atoms with Gasteiger partial charge in [0.1, 0.15) is 17.6 Å². The number of fused-ring (bicyclic) bond motifs is 1. The molecule has 0 aromatic heterocycles. The second kappa shape index (κ2) is 12.1. The van der Waals surface area contributed by atoms with Crippen molar-refractivity contribution in [1.29, 1.82) is 0 Å². The number of anilines is 2. The lowest BCUT2D eigenvalue weighted by atomic mass is 9.78. The van der Waals surface area contributed by atoms with Crippen molar-refractivity contribution in [2.24, 2.45) is 11.8 Å². The summed E-state index contributed by atoms with van der Waals surface area (Å²) in [4.78, 5) is 38.6. The minimum Gasteiger partial charge on any atom is -0.494 e. The number of carbonyl (C=O) groups is 3. The van der Waals surface area contributed by atoms with Crippen molar-refractivity contribution in [3.8, 4) is 5.75 Å². The van der Waals surface area contributed by atoms with Gasteiger partial charge in [0.05, 0.1) is 6.61 Å². The largest absolute Gasteiger partial charge is 0.494 e. The van der Waals surface area contributed by atoms with E-state index in [1.807, 2.05) is 37.3 Å². The van der Waals surface area contributed by atoms with Crippen LogP contribution in [0.25, 0.3) is 0 Å². The van der Waals surface area contributed by atoms with Gasteiger partial charge >= 0.3 is 12.1 Å². The van der Waals surface area contributed by atoms with Crippen LogP contribution in [0.1, 0.15) is 57.6 Å². The second-order valence-corrected chi connectivity index (χ2v) is 10.2. The summed E-state index contributed by atoms with van der Waals surface area (Å²) in [5.74, 6) is 1.58. The fourth-order valence-electron chi connectivity index (χ4n) is 5.36. The smallest absolute Gasteiger partial charge is 0.410 e. The Bertz CT molecular complexity index is 1130. The van der Waals surface area contributed by atoms with E-state index in [0.717, 1.165) is 30.4 Å². The number of nitrogens with one attached hydrogen (secondary N) is 2. The second-order valence-electron chi connectivity index (χ2n) is 10.2. The molecule has 1 saturated carbocycles. The molecule has 1 heterocycles. The lowest BCUT2D eigenvalue weighted by Gasteiger charge is -2.36. The zero-order valence-corrected chi connectivity index (χ0v) is 21.9. The third-order valence-electron chi connectivity index (χ3n) is 7.17. The van der Waals surface area contributed by atoms with Gasteiger partial charge in [0.15, 0.2) is 0 Å². The molecule has 0 spiro atoms. The maximum Gasteiger partial charge on any atom is 0.410 e. The van der Waals surface area contributed by atoms with Crippen LogP contribution in [0.15, 0.2) is 42.5 Å². The van der Waals surface area contributed by atoms with Crippen molar-refractivity contribution in [1.82, 2.24) is 4.90 Å². The first-order valence-electron chi connectivity index (χ1n) is 13.2. The first-order valence-corrected chi connectivity index (χ1v) is 13.2. The highest BCUT2D eigenvalue weighted by atomic mass is 16.6. The molecule has 2 N–H and O–H groups in total. The van der Waals surface area contributed by atoms with Crippen LogP contribution >= 0.6 is 0 Å². The van der Waals surface area contributed by atoms with Crippen molar-refractivity contribution in [3.63, 3.8) is 0 Å². The summed E-state index contributed by atoms with van der Waals surface area (Å²) in [7, 11) is 0. The van der Waals surface area contributed by atoms with Crippen LogP contribution in [0.4, 0.5) is 21.0 Å². The molecule has 0 bridgehead atoms. The summed E-state index contributed by atoms with van der Waals surface area (Å²) in [6.07, 6.45) is 3.59. The summed E-state index contributed by atoms with van der Waals surface area (Å²) in [5.41, 5.74) is 3.51. The molecule has 37 heavy (non-hydrogen) atoms. The normalized spacial score (nSPS) is 20.9. The maximum absolute atomic E-state index is 12.9. The summed E-state index contributed by atoms with van der Waals surface area (Å²) >= 11 is 0. The quantitative estimate of drug-likeness (QED) is 0.479. The minimum absolute atomic E-state index is 0.101. The van der Waals surface area contributed by atoms with Gasteiger partial charge in [0.25, 0.3) is 0 Å². The van der Waals surface area contributed by atoms with E-state index >= 15 is 0 Å². The Balaban J connectivity index is 1.29. The molecule has 3 amide bonds. The van der Waals surface area contributed by atoms with Crippen LogP contribution in [-0.2, 0) is 22.5 Å². The topological polar surface area (TPSA) is 97.0 Å². The van der Waals surface area contributed by atoms with Crippen molar-refractivity contribution in [2.45, 2.75) is 65.5 Å². The van der Waals surface area contributed by atoms with Gasteiger partial charge in [-0.1, -0.05) is 19.1 Å². The molecule has 198 valence electrons. The van der Waals surface area contributed by atoms with Gasteiger partial charge in [-0.15, -0.1) is 0 Å². The van der Waals surface area contributed by atoms with E-state index in [1.54, 1.807) is 24.0 Å². The third kappa shape index (κ3) is 7.24. The van der Waals surface area contributed by atoms with Crippen LogP contribution in [-0.4, -0.2) is 42.1 Å². The predicted molar refractivity (Wildman–Crippen MR) is 143 cm³/mol. The van der Waals surface area contributed by atoms with Gasteiger partial charge in [-0.25, -0.2) is 9.59 Å². The molecule has 1 fully saturated rings. The fourth-order valence-corrected chi connectivity index (χ4v) is 5.36. The number of ether oxygens (including phenoxy) is 2. The average molecular weight is 508 g/mol. The van der Waals surface area contributed by atoms with E-state index in [4.69, 9.17) is 9.47 Å². The number of amides is 3. The van der Waals surface area contributed by atoms with E-state index in [0.29, 0.717) is 55.6 Å². The average Bonchev–Trinajstić information content (AvgIpc) is 2.85. The van der Waals surface area contributed by atoms with Crippen LogP contribution in [0.2, 0.25) is 0 Å². The molecule has 8 nitrogen and oxygen atoms in total. The molecule has 0 radical (unpaired) electrons.